The molecule has 2 bridgehead atoms. The van der Waals surface area contributed by atoms with Crippen LogP contribution in [0.5, 0.6) is 0 Å². The van der Waals surface area contributed by atoms with Gasteiger partial charge in [0, 0.05) is 15.3 Å². The van der Waals surface area contributed by atoms with E-state index in [-0.39, 0.29) is 15.3 Å². The molecular formula is C24H37O5SSi2-. The molecule has 3 aliphatic rings. The van der Waals surface area contributed by atoms with Crippen LogP contribution in [-0.4, -0.2) is 42.3 Å². The molecule has 178 valence electrons. The summed E-state index contributed by atoms with van der Waals surface area (Å²) in [7, 11) is -6.06. The quantitative estimate of drug-likeness (QED) is 0.444. The second-order valence-electron chi connectivity index (χ2n) is 11.6. The van der Waals surface area contributed by atoms with Gasteiger partial charge in [-0.15, -0.1) is 0 Å². The SMILES string of the molecule is CC1(C)O[Si]2(C3=CCC(S(=O)[O-])CC3)O[Si](c3ccccc3)(OC1(C)C)C(C)(C)C2(C)C. The predicted octanol–water partition coefficient (Wildman–Crippen LogP) is 4.87. The van der Waals surface area contributed by atoms with Crippen LogP contribution in [0.4, 0.5) is 0 Å². The van der Waals surface area contributed by atoms with Gasteiger partial charge in [-0.1, -0.05) is 75.2 Å². The van der Waals surface area contributed by atoms with Crippen molar-refractivity contribution in [3.63, 3.8) is 0 Å². The molecule has 0 spiro atoms. The van der Waals surface area contributed by atoms with Gasteiger partial charge >= 0.3 is 17.1 Å². The van der Waals surface area contributed by atoms with Gasteiger partial charge in [-0.3, -0.25) is 4.21 Å². The van der Waals surface area contributed by atoms with E-state index in [1.165, 1.54) is 5.20 Å². The molecule has 1 aliphatic carbocycles. The highest BCUT2D eigenvalue weighted by Crippen LogP contribution is 2.73. The van der Waals surface area contributed by atoms with E-state index in [1.54, 1.807) is 0 Å². The van der Waals surface area contributed by atoms with Crippen molar-refractivity contribution < 1.29 is 21.7 Å². The first-order chi connectivity index (χ1) is 14.6. The van der Waals surface area contributed by atoms with Crippen LogP contribution < -0.4 is 5.19 Å². The fourth-order valence-electron chi connectivity index (χ4n) is 5.49. The number of allylic oxidation sites excluding steroid dienone is 2. The minimum atomic E-state index is -3.04. The van der Waals surface area contributed by atoms with E-state index in [4.69, 9.17) is 13.0 Å². The van der Waals surface area contributed by atoms with Gasteiger partial charge in [-0.2, -0.15) is 0 Å². The van der Waals surface area contributed by atoms with Crippen LogP contribution in [0.2, 0.25) is 10.1 Å². The normalized spacial score (nSPS) is 37.9. The largest absolute Gasteiger partial charge is 0.772 e. The summed E-state index contributed by atoms with van der Waals surface area (Å²) in [6.45, 7) is 17.6. The summed E-state index contributed by atoms with van der Waals surface area (Å²) in [6, 6.07) is 10.4. The van der Waals surface area contributed by atoms with Crippen molar-refractivity contribution in [2.75, 3.05) is 0 Å². The van der Waals surface area contributed by atoms with E-state index >= 15 is 0 Å². The maximum atomic E-state index is 11.6. The summed E-state index contributed by atoms with van der Waals surface area (Å²) in [6.07, 6.45) is 3.95. The predicted molar refractivity (Wildman–Crippen MR) is 132 cm³/mol. The van der Waals surface area contributed by atoms with Crippen molar-refractivity contribution >= 4 is 33.4 Å². The Morgan fingerprint density at radius 1 is 0.906 bits per heavy atom. The molecule has 4 atom stereocenters. The zero-order valence-corrected chi connectivity index (χ0v) is 23.4. The number of hydrogen-bond acceptors (Lipinski definition) is 5. The van der Waals surface area contributed by atoms with Gasteiger partial charge in [0.1, 0.15) is 0 Å². The smallest absolute Gasteiger partial charge is 0.370 e. The molecule has 1 aromatic rings. The number of hydrogen-bond donors (Lipinski definition) is 0. The van der Waals surface area contributed by atoms with Crippen molar-refractivity contribution in [1.29, 1.82) is 0 Å². The van der Waals surface area contributed by atoms with Gasteiger partial charge < -0.3 is 17.5 Å². The van der Waals surface area contributed by atoms with Gasteiger partial charge in [0.15, 0.2) is 0 Å². The van der Waals surface area contributed by atoms with Gasteiger partial charge in [0.2, 0.25) is 0 Å². The molecule has 32 heavy (non-hydrogen) atoms. The summed E-state index contributed by atoms with van der Waals surface area (Å²) >= 11 is -2.06. The van der Waals surface area contributed by atoms with Gasteiger partial charge in [0.25, 0.3) is 0 Å². The average molecular weight is 494 g/mol. The highest BCUT2D eigenvalue weighted by molar-refractivity contribution is 7.79. The minimum Gasteiger partial charge on any atom is -0.772 e. The van der Waals surface area contributed by atoms with Crippen LogP contribution in [0.25, 0.3) is 0 Å². The second kappa shape index (κ2) is 7.44. The van der Waals surface area contributed by atoms with Gasteiger partial charge in [-0.05, 0) is 57.3 Å². The Morgan fingerprint density at radius 3 is 1.94 bits per heavy atom. The number of benzene rings is 1. The Balaban J connectivity index is 1.98. The Morgan fingerprint density at radius 2 is 1.44 bits per heavy atom. The molecule has 0 saturated carbocycles. The third kappa shape index (κ3) is 3.10. The van der Waals surface area contributed by atoms with E-state index in [1.807, 2.05) is 6.07 Å². The van der Waals surface area contributed by atoms with Crippen molar-refractivity contribution in [2.45, 2.75) is 101 Å². The zero-order valence-electron chi connectivity index (χ0n) is 20.6. The molecule has 1 aromatic carbocycles. The molecule has 2 aliphatic heterocycles. The highest BCUT2D eigenvalue weighted by Gasteiger charge is 2.82. The second-order valence-corrected chi connectivity index (χ2v) is 20.2. The summed E-state index contributed by atoms with van der Waals surface area (Å²) in [5, 5.41) is 1.43. The molecule has 4 rings (SSSR count). The zero-order chi connectivity index (χ0) is 23.8. The minimum absolute atomic E-state index is 0.277. The summed E-state index contributed by atoms with van der Waals surface area (Å²) in [5.74, 6) is 0. The van der Waals surface area contributed by atoms with Crippen LogP contribution in [0.1, 0.15) is 74.7 Å². The van der Waals surface area contributed by atoms with Crippen molar-refractivity contribution in [1.82, 2.24) is 0 Å². The van der Waals surface area contributed by atoms with Crippen molar-refractivity contribution in [3.8, 4) is 0 Å². The molecule has 8 heteroatoms. The van der Waals surface area contributed by atoms with E-state index in [0.717, 1.165) is 5.19 Å². The highest BCUT2D eigenvalue weighted by atomic mass is 32.2. The van der Waals surface area contributed by atoms with Gasteiger partial charge in [-0.25, -0.2) is 0 Å². The van der Waals surface area contributed by atoms with E-state index < -0.39 is 39.4 Å². The third-order valence-electron chi connectivity index (χ3n) is 8.95. The Labute approximate surface area is 197 Å². The Bertz CT molecular complexity index is 958. The summed E-state index contributed by atoms with van der Waals surface area (Å²) < 4.78 is 45.1. The van der Waals surface area contributed by atoms with Crippen molar-refractivity contribution in [3.05, 3.63) is 41.6 Å². The molecule has 4 unspecified atom stereocenters. The topological polar surface area (TPSA) is 67.8 Å². The molecule has 2 heterocycles. The van der Waals surface area contributed by atoms with Crippen molar-refractivity contribution in [2.24, 2.45) is 0 Å². The third-order valence-corrected chi connectivity index (χ3v) is 21.0. The fourth-order valence-corrected chi connectivity index (χ4v) is 19.4. The maximum Gasteiger partial charge on any atom is 0.370 e. The lowest BCUT2D eigenvalue weighted by Gasteiger charge is -2.54. The number of fused-ring (bicyclic) bond motifs is 2. The van der Waals surface area contributed by atoms with Crippen LogP contribution in [-0.2, 0) is 24.0 Å². The first kappa shape index (κ1) is 24.5. The van der Waals surface area contributed by atoms with E-state index in [2.05, 4.69) is 85.7 Å². The molecule has 0 radical (unpaired) electrons. The lowest BCUT2D eigenvalue weighted by atomic mass is 9.90. The fraction of sp³-hybridized carbons (Fsp3) is 0.667. The van der Waals surface area contributed by atoms with Crippen LogP contribution in [0.15, 0.2) is 41.6 Å². The lowest BCUT2D eigenvalue weighted by molar-refractivity contribution is -0.0877. The van der Waals surface area contributed by atoms with Crippen LogP contribution in [0, 0.1) is 0 Å². The molecule has 0 N–H and O–H groups in total. The Kier molecular flexibility index (Phi) is 5.70. The van der Waals surface area contributed by atoms with Crippen LogP contribution >= 0.6 is 0 Å². The number of rotatable bonds is 3. The lowest BCUT2D eigenvalue weighted by Crippen LogP contribution is -2.65. The first-order valence-corrected chi connectivity index (χ1v) is 16.3. The molecule has 5 nitrogen and oxygen atoms in total. The summed E-state index contributed by atoms with van der Waals surface area (Å²) in [4.78, 5) is 0. The molecule has 2 saturated heterocycles. The van der Waals surface area contributed by atoms with Crippen LogP contribution in [0.3, 0.4) is 0 Å². The Hall–Kier alpha value is -0.616. The summed E-state index contributed by atoms with van der Waals surface area (Å²) in [5.41, 5.74) is -1.14. The van der Waals surface area contributed by atoms with E-state index in [0.29, 0.717) is 19.3 Å². The monoisotopic (exact) mass is 493 g/mol. The van der Waals surface area contributed by atoms with Gasteiger partial charge in [0.05, 0.1) is 11.2 Å². The molecule has 0 amide bonds. The average Bonchev–Trinajstić information content (AvgIpc) is 2.78. The maximum absolute atomic E-state index is 11.6. The molecule has 0 aromatic heterocycles. The first-order valence-electron chi connectivity index (χ1n) is 11.6. The molecular weight excluding hydrogens is 456 g/mol. The standard InChI is InChI=1S/C24H38O5SSi2/c1-21(2)22(3,4)28-32(20-16-14-18(15-17-20)30(25)26)24(7,8)23(5,6)31(27-21,29-32)19-12-10-9-11-13-19/h9-13,16,18H,14-15,17H2,1-8H3,(H,25,26)/p-1. The molecule has 2 fully saturated rings. The van der Waals surface area contributed by atoms with E-state index in [9.17, 15) is 8.76 Å².